The molecule has 7 heteroatoms. The summed E-state index contributed by atoms with van der Waals surface area (Å²) < 4.78 is 18.6. The van der Waals surface area contributed by atoms with E-state index in [1.165, 1.54) is 12.1 Å². The number of nitrogens with zero attached hydrogens (tertiary/aromatic N) is 3. The second-order valence-electron chi connectivity index (χ2n) is 4.69. The highest BCUT2D eigenvalue weighted by Gasteiger charge is 2.17. The molecule has 0 spiro atoms. The molecule has 2 heterocycles. The third-order valence-corrected chi connectivity index (χ3v) is 3.60. The molecule has 0 unspecified atom stereocenters. The molecule has 0 saturated carbocycles. The average molecular weight is 309 g/mol. The van der Waals surface area contributed by atoms with Gasteiger partial charge in [0.05, 0.1) is 30.1 Å². The molecule has 0 radical (unpaired) electrons. The highest BCUT2D eigenvalue weighted by molar-refractivity contribution is 6.31. The minimum atomic E-state index is -0.461. The molecule has 0 amide bonds. The van der Waals surface area contributed by atoms with E-state index in [1.807, 2.05) is 4.90 Å². The zero-order chi connectivity index (χ0) is 14.8. The maximum absolute atomic E-state index is 13.2. The fourth-order valence-corrected chi connectivity index (χ4v) is 2.37. The summed E-state index contributed by atoms with van der Waals surface area (Å²) >= 11 is 5.81. The Labute approximate surface area is 126 Å². The van der Waals surface area contributed by atoms with Crippen LogP contribution < -0.4 is 10.6 Å². The standard InChI is InChI=1S/C14H14ClFN4O/c15-10-7-9(1-2-11(10)16)12-8-18-13(17)14(19-12)20-3-5-21-6-4-20/h1-2,7-8H,3-6H2,(H2,17,18). The lowest BCUT2D eigenvalue weighted by Crippen LogP contribution is -2.37. The van der Waals surface area contributed by atoms with Crippen molar-refractivity contribution in [3.8, 4) is 11.3 Å². The monoisotopic (exact) mass is 308 g/mol. The number of aromatic nitrogens is 2. The molecule has 1 aliphatic heterocycles. The van der Waals surface area contributed by atoms with Crippen molar-refractivity contribution in [2.75, 3.05) is 36.9 Å². The van der Waals surface area contributed by atoms with Crippen molar-refractivity contribution < 1.29 is 9.13 Å². The van der Waals surface area contributed by atoms with Gasteiger partial charge in [-0.15, -0.1) is 0 Å². The van der Waals surface area contributed by atoms with Crippen LogP contribution >= 0.6 is 11.6 Å². The third kappa shape index (κ3) is 2.91. The first-order valence-corrected chi connectivity index (χ1v) is 6.93. The number of hydrogen-bond acceptors (Lipinski definition) is 5. The second kappa shape index (κ2) is 5.83. The molecule has 0 aliphatic carbocycles. The van der Waals surface area contributed by atoms with E-state index in [0.29, 0.717) is 49.2 Å². The highest BCUT2D eigenvalue weighted by Crippen LogP contribution is 2.27. The summed E-state index contributed by atoms with van der Waals surface area (Å²) in [5.74, 6) is 0.530. The molecule has 5 nitrogen and oxygen atoms in total. The predicted molar refractivity (Wildman–Crippen MR) is 79.9 cm³/mol. The van der Waals surface area contributed by atoms with Crippen molar-refractivity contribution in [3.63, 3.8) is 0 Å². The molecule has 1 aromatic carbocycles. The van der Waals surface area contributed by atoms with Gasteiger partial charge in [0.1, 0.15) is 5.82 Å². The SMILES string of the molecule is Nc1ncc(-c2ccc(F)c(Cl)c2)nc1N1CCOCC1. The molecule has 0 atom stereocenters. The number of ether oxygens (including phenoxy) is 1. The fraction of sp³-hybridized carbons (Fsp3) is 0.286. The summed E-state index contributed by atoms with van der Waals surface area (Å²) in [4.78, 5) is 10.7. The molecule has 21 heavy (non-hydrogen) atoms. The van der Waals surface area contributed by atoms with Gasteiger partial charge >= 0.3 is 0 Å². The van der Waals surface area contributed by atoms with Crippen LogP contribution in [0.15, 0.2) is 24.4 Å². The molecule has 0 bridgehead atoms. The summed E-state index contributed by atoms with van der Waals surface area (Å²) in [6.45, 7) is 2.69. The molecule has 1 saturated heterocycles. The van der Waals surface area contributed by atoms with E-state index in [0.717, 1.165) is 0 Å². The van der Waals surface area contributed by atoms with Crippen molar-refractivity contribution in [2.45, 2.75) is 0 Å². The van der Waals surface area contributed by atoms with E-state index in [9.17, 15) is 4.39 Å². The smallest absolute Gasteiger partial charge is 0.172 e. The number of hydrogen-bond donors (Lipinski definition) is 1. The molecule has 110 valence electrons. The van der Waals surface area contributed by atoms with E-state index < -0.39 is 5.82 Å². The van der Waals surface area contributed by atoms with Crippen LogP contribution in [0.5, 0.6) is 0 Å². The zero-order valence-corrected chi connectivity index (χ0v) is 12.0. The van der Waals surface area contributed by atoms with Crippen LogP contribution in [-0.2, 0) is 4.74 Å². The summed E-state index contributed by atoms with van der Waals surface area (Å²) in [6.07, 6.45) is 1.56. The predicted octanol–water partition coefficient (Wildman–Crippen LogP) is 2.35. The Kier molecular flexibility index (Phi) is 3.90. The van der Waals surface area contributed by atoms with Crippen LogP contribution in [0.4, 0.5) is 16.0 Å². The van der Waals surface area contributed by atoms with Crippen LogP contribution in [0, 0.1) is 5.82 Å². The molecule has 2 aromatic rings. The van der Waals surface area contributed by atoms with Crippen LogP contribution in [0.1, 0.15) is 0 Å². The van der Waals surface area contributed by atoms with Gasteiger partial charge < -0.3 is 15.4 Å². The van der Waals surface area contributed by atoms with Crippen molar-refractivity contribution in [1.29, 1.82) is 0 Å². The number of benzene rings is 1. The average Bonchev–Trinajstić information content (AvgIpc) is 2.51. The Morgan fingerprint density at radius 1 is 1.29 bits per heavy atom. The summed E-state index contributed by atoms with van der Waals surface area (Å²) in [6, 6.07) is 4.45. The molecule has 2 N–H and O–H groups in total. The lowest BCUT2D eigenvalue weighted by atomic mass is 10.1. The highest BCUT2D eigenvalue weighted by atomic mass is 35.5. The number of rotatable bonds is 2. The topological polar surface area (TPSA) is 64.3 Å². The third-order valence-electron chi connectivity index (χ3n) is 3.31. The van der Waals surface area contributed by atoms with Gasteiger partial charge in [-0.25, -0.2) is 14.4 Å². The first kappa shape index (κ1) is 14.0. The molecule has 1 aliphatic rings. The molecule has 1 fully saturated rings. The summed E-state index contributed by atoms with van der Waals surface area (Å²) in [7, 11) is 0. The van der Waals surface area contributed by atoms with Crippen LogP contribution in [0.3, 0.4) is 0 Å². The van der Waals surface area contributed by atoms with Crippen molar-refractivity contribution in [1.82, 2.24) is 9.97 Å². The van der Waals surface area contributed by atoms with Crippen molar-refractivity contribution >= 4 is 23.2 Å². The number of nitrogen functional groups attached to an aromatic ring is 1. The first-order chi connectivity index (χ1) is 10.1. The molecular weight excluding hydrogens is 295 g/mol. The first-order valence-electron chi connectivity index (χ1n) is 6.56. The lowest BCUT2D eigenvalue weighted by molar-refractivity contribution is 0.122. The largest absolute Gasteiger partial charge is 0.381 e. The minimum absolute atomic E-state index is 0.0547. The Morgan fingerprint density at radius 2 is 2.05 bits per heavy atom. The van der Waals surface area contributed by atoms with Gasteiger partial charge in [0, 0.05) is 18.7 Å². The van der Waals surface area contributed by atoms with Gasteiger partial charge in [-0.1, -0.05) is 11.6 Å². The maximum atomic E-state index is 13.2. The van der Waals surface area contributed by atoms with E-state index in [4.69, 9.17) is 22.1 Å². The van der Waals surface area contributed by atoms with Gasteiger partial charge in [-0.05, 0) is 18.2 Å². The summed E-state index contributed by atoms with van der Waals surface area (Å²) in [5, 5.41) is 0.0547. The van der Waals surface area contributed by atoms with Crippen molar-refractivity contribution in [2.24, 2.45) is 0 Å². The minimum Gasteiger partial charge on any atom is -0.381 e. The van der Waals surface area contributed by atoms with Gasteiger partial charge in [-0.2, -0.15) is 0 Å². The van der Waals surface area contributed by atoms with Crippen LogP contribution in [0.2, 0.25) is 5.02 Å². The Bertz CT molecular complexity index is 661. The Morgan fingerprint density at radius 3 is 2.76 bits per heavy atom. The van der Waals surface area contributed by atoms with Crippen molar-refractivity contribution in [3.05, 3.63) is 35.2 Å². The maximum Gasteiger partial charge on any atom is 0.172 e. The lowest BCUT2D eigenvalue weighted by Gasteiger charge is -2.28. The van der Waals surface area contributed by atoms with Crippen LogP contribution in [-0.4, -0.2) is 36.3 Å². The fourth-order valence-electron chi connectivity index (χ4n) is 2.19. The van der Waals surface area contributed by atoms with E-state index >= 15 is 0 Å². The van der Waals surface area contributed by atoms with Crippen LogP contribution in [0.25, 0.3) is 11.3 Å². The Balaban J connectivity index is 1.98. The Hall–Kier alpha value is -1.92. The quantitative estimate of drug-likeness (QED) is 0.922. The zero-order valence-electron chi connectivity index (χ0n) is 11.2. The number of halogens is 2. The van der Waals surface area contributed by atoms with Gasteiger partial charge in [0.2, 0.25) is 0 Å². The second-order valence-corrected chi connectivity index (χ2v) is 5.10. The number of anilines is 2. The van der Waals surface area contributed by atoms with E-state index in [1.54, 1.807) is 12.3 Å². The van der Waals surface area contributed by atoms with Gasteiger partial charge in [0.15, 0.2) is 11.6 Å². The van der Waals surface area contributed by atoms with Gasteiger partial charge in [0.25, 0.3) is 0 Å². The summed E-state index contributed by atoms with van der Waals surface area (Å²) in [5.41, 5.74) is 7.21. The molecule has 3 rings (SSSR count). The molecular formula is C14H14ClFN4O. The van der Waals surface area contributed by atoms with E-state index in [2.05, 4.69) is 9.97 Å². The number of nitrogens with two attached hydrogens (primary N) is 1. The normalized spacial score (nSPS) is 15.2. The van der Waals surface area contributed by atoms with Gasteiger partial charge in [-0.3, -0.25) is 0 Å². The number of morpholine rings is 1. The van der Waals surface area contributed by atoms with E-state index in [-0.39, 0.29) is 5.02 Å². The molecule has 1 aromatic heterocycles.